The van der Waals surface area contributed by atoms with Crippen LogP contribution in [0.25, 0.3) is 0 Å². The Morgan fingerprint density at radius 1 is 1.35 bits per heavy atom. The van der Waals surface area contributed by atoms with Crippen LogP contribution in [0.3, 0.4) is 0 Å². The third-order valence-corrected chi connectivity index (χ3v) is 4.11. The van der Waals surface area contributed by atoms with E-state index in [1.54, 1.807) is 37.8 Å². The summed E-state index contributed by atoms with van der Waals surface area (Å²) in [4.78, 5) is -0.00685. The molecule has 2 rings (SSSR count). The molecule has 0 aliphatic heterocycles. The van der Waals surface area contributed by atoms with Gasteiger partial charge in [-0.25, -0.2) is 8.42 Å². The number of benzene rings is 1. The van der Waals surface area contributed by atoms with Crippen LogP contribution in [0.2, 0.25) is 0 Å². The molecule has 2 aromatic rings. The van der Waals surface area contributed by atoms with Gasteiger partial charge in [0.25, 0.3) is 9.05 Å². The van der Waals surface area contributed by atoms with Gasteiger partial charge in [0.15, 0.2) is 0 Å². The van der Waals surface area contributed by atoms with Gasteiger partial charge in [-0.1, -0.05) is 6.07 Å². The first-order valence-corrected chi connectivity index (χ1v) is 8.25. The monoisotopic (exact) mass is 314 g/mol. The predicted octanol–water partition coefficient (Wildman–Crippen LogP) is 2.54. The van der Waals surface area contributed by atoms with Crippen LogP contribution in [-0.2, 0) is 22.7 Å². The van der Waals surface area contributed by atoms with Crippen molar-refractivity contribution in [1.82, 2.24) is 9.78 Å². The van der Waals surface area contributed by atoms with Gasteiger partial charge < -0.3 is 4.74 Å². The molecule has 108 valence electrons. The number of aromatic nitrogens is 2. The molecule has 20 heavy (non-hydrogen) atoms. The zero-order chi connectivity index (χ0) is 14.9. The Kier molecular flexibility index (Phi) is 4.06. The van der Waals surface area contributed by atoms with Gasteiger partial charge >= 0.3 is 0 Å². The molecule has 7 heteroatoms. The summed E-state index contributed by atoms with van der Waals surface area (Å²) >= 11 is 0. The maximum atomic E-state index is 11.6. The van der Waals surface area contributed by atoms with E-state index in [0.29, 0.717) is 5.69 Å². The minimum atomic E-state index is -3.86. The molecule has 0 amide bonds. The maximum Gasteiger partial charge on any atom is 0.265 e. The van der Waals surface area contributed by atoms with Gasteiger partial charge in [-0.15, -0.1) is 0 Å². The number of ether oxygens (including phenoxy) is 1. The van der Waals surface area contributed by atoms with E-state index in [1.807, 2.05) is 6.07 Å². The van der Waals surface area contributed by atoms with Crippen LogP contribution in [0, 0.1) is 13.8 Å². The van der Waals surface area contributed by atoms with E-state index in [2.05, 4.69) is 5.10 Å². The summed E-state index contributed by atoms with van der Waals surface area (Å²) < 4.78 is 30.5. The van der Waals surface area contributed by atoms with Crippen molar-refractivity contribution in [2.24, 2.45) is 7.05 Å². The molecular weight excluding hydrogens is 300 g/mol. The molecule has 0 aliphatic carbocycles. The lowest BCUT2D eigenvalue weighted by atomic mass is 10.1. The van der Waals surface area contributed by atoms with Crippen molar-refractivity contribution in [3.05, 3.63) is 41.2 Å². The largest absolute Gasteiger partial charge is 0.486 e. The highest BCUT2D eigenvalue weighted by Gasteiger charge is 2.20. The summed E-state index contributed by atoms with van der Waals surface area (Å²) in [6.07, 6.45) is 1.79. The molecule has 0 fully saturated rings. The molecule has 0 saturated carbocycles. The summed E-state index contributed by atoms with van der Waals surface area (Å²) in [6, 6.07) is 5.15. The molecule has 0 atom stereocenters. The molecule has 1 aromatic carbocycles. The second-order valence-corrected chi connectivity index (χ2v) is 7.15. The minimum absolute atomic E-state index is 0.00685. The molecule has 0 spiro atoms. The quantitative estimate of drug-likeness (QED) is 0.814. The molecule has 0 aliphatic rings. The second-order valence-electron chi connectivity index (χ2n) is 4.62. The molecule has 1 heterocycles. The topological polar surface area (TPSA) is 61.2 Å². The van der Waals surface area contributed by atoms with Crippen LogP contribution in [0.4, 0.5) is 0 Å². The second kappa shape index (κ2) is 5.46. The average Bonchev–Trinajstić information content (AvgIpc) is 2.72. The Bertz CT molecular complexity index is 738. The fourth-order valence-electron chi connectivity index (χ4n) is 1.97. The number of hydrogen-bond acceptors (Lipinski definition) is 4. The summed E-state index contributed by atoms with van der Waals surface area (Å²) in [5.41, 5.74) is 2.25. The van der Waals surface area contributed by atoms with E-state index in [0.717, 1.165) is 11.1 Å². The maximum absolute atomic E-state index is 11.6. The van der Waals surface area contributed by atoms with Gasteiger partial charge in [0.1, 0.15) is 17.3 Å². The van der Waals surface area contributed by atoms with Gasteiger partial charge in [-0.3, -0.25) is 4.68 Å². The molecule has 0 saturated heterocycles. The van der Waals surface area contributed by atoms with Gasteiger partial charge in [-0.05, 0) is 37.1 Å². The number of halogens is 1. The van der Waals surface area contributed by atoms with E-state index in [9.17, 15) is 8.42 Å². The fourth-order valence-corrected chi connectivity index (χ4v) is 3.08. The van der Waals surface area contributed by atoms with E-state index in [1.165, 1.54) is 6.07 Å². The molecule has 1 aromatic heterocycles. The van der Waals surface area contributed by atoms with Crippen LogP contribution in [0.1, 0.15) is 16.8 Å². The smallest absolute Gasteiger partial charge is 0.265 e. The van der Waals surface area contributed by atoms with E-state index in [4.69, 9.17) is 15.4 Å². The van der Waals surface area contributed by atoms with Crippen LogP contribution < -0.4 is 4.74 Å². The lowest BCUT2D eigenvalue weighted by Crippen LogP contribution is -2.04. The van der Waals surface area contributed by atoms with Crippen LogP contribution >= 0.6 is 10.7 Å². The Morgan fingerprint density at radius 2 is 2.05 bits per heavy atom. The molecule has 0 unspecified atom stereocenters. The van der Waals surface area contributed by atoms with Crippen molar-refractivity contribution >= 4 is 19.7 Å². The summed E-state index contributed by atoms with van der Waals surface area (Å²) in [6.45, 7) is 3.78. The third-order valence-electron chi connectivity index (χ3n) is 2.78. The van der Waals surface area contributed by atoms with E-state index in [-0.39, 0.29) is 17.3 Å². The highest BCUT2D eigenvalue weighted by atomic mass is 35.7. The highest BCUT2D eigenvalue weighted by molar-refractivity contribution is 8.13. The zero-order valence-corrected chi connectivity index (χ0v) is 13.0. The molecule has 0 radical (unpaired) electrons. The summed E-state index contributed by atoms with van der Waals surface area (Å²) in [5.74, 6) is 0.274. The third kappa shape index (κ3) is 3.32. The summed E-state index contributed by atoms with van der Waals surface area (Å²) in [5, 5.41) is 4.17. The van der Waals surface area contributed by atoms with Gasteiger partial charge in [0.2, 0.25) is 0 Å². The van der Waals surface area contributed by atoms with Crippen LogP contribution in [0.15, 0.2) is 29.3 Å². The Labute approximate surface area is 122 Å². The number of rotatable bonds is 4. The first-order chi connectivity index (χ1) is 9.27. The van der Waals surface area contributed by atoms with E-state index < -0.39 is 9.05 Å². The molecule has 0 N–H and O–H groups in total. The van der Waals surface area contributed by atoms with Crippen molar-refractivity contribution in [1.29, 1.82) is 0 Å². The van der Waals surface area contributed by atoms with E-state index >= 15 is 0 Å². The standard InChI is InChI=1S/C13H15ClN2O3S/c1-9-6-10(2)13(12(7-9)20(14,17)18)19-8-11-4-5-16(3)15-11/h4-7H,8H2,1-3H3. The number of hydrogen-bond donors (Lipinski definition) is 0. The summed E-state index contributed by atoms with van der Waals surface area (Å²) in [7, 11) is 3.41. The molecule has 0 bridgehead atoms. The van der Waals surface area contributed by atoms with Gasteiger partial charge in [0, 0.05) is 23.9 Å². The van der Waals surface area contributed by atoms with Crippen LogP contribution in [-0.4, -0.2) is 18.2 Å². The predicted molar refractivity (Wildman–Crippen MR) is 76.5 cm³/mol. The van der Waals surface area contributed by atoms with Crippen molar-refractivity contribution in [3.63, 3.8) is 0 Å². The van der Waals surface area contributed by atoms with Crippen molar-refractivity contribution < 1.29 is 13.2 Å². The zero-order valence-electron chi connectivity index (χ0n) is 11.4. The Balaban J connectivity index is 2.35. The SMILES string of the molecule is Cc1cc(C)c(OCc2ccn(C)n2)c(S(=O)(=O)Cl)c1. The number of nitrogens with zero attached hydrogens (tertiary/aromatic N) is 2. The molecule has 5 nitrogen and oxygen atoms in total. The van der Waals surface area contributed by atoms with Crippen molar-refractivity contribution in [2.45, 2.75) is 25.3 Å². The first-order valence-electron chi connectivity index (χ1n) is 5.94. The lowest BCUT2D eigenvalue weighted by Gasteiger charge is -2.12. The van der Waals surface area contributed by atoms with Gasteiger partial charge in [-0.2, -0.15) is 5.10 Å². The van der Waals surface area contributed by atoms with Crippen molar-refractivity contribution in [3.8, 4) is 5.75 Å². The first kappa shape index (κ1) is 14.9. The fraction of sp³-hybridized carbons (Fsp3) is 0.308. The van der Waals surface area contributed by atoms with Gasteiger partial charge in [0.05, 0.1) is 5.69 Å². The number of aryl methyl sites for hydroxylation is 3. The van der Waals surface area contributed by atoms with Crippen LogP contribution in [0.5, 0.6) is 5.75 Å². The highest BCUT2D eigenvalue weighted by Crippen LogP contribution is 2.32. The molecular formula is C13H15ClN2O3S. The Morgan fingerprint density at radius 3 is 2.60 bits per heavy atom. The minimum Gasteiger partial charge on any atom is -0.486 e. The average molecular weight is 315 g/mol. The Hall–Kier alpha value is -1.53. The lowest BCUT2D eigenvalue weighted by molar-refractivity contribution is 0.290. The normalized spacial score (nSPS) is 11.6. The van der Waals surface area contributed by atoms with Crippen molar-refractivity contribution in [2.75, 3.05) is 0 Å².